The van der Waals surface area contributed by atoms with Crippen LogP contribution in [0.15, 0.2) is 64.5 Å². The highest BCUT2D eigenvalue weighted by Crippen LogP contribution is 2.28. The molecule has 1 amide bonds. The molecule has 0 spiro atoms. The molecule has 152 valence electrons. The van der Waals surface area contributed by atoms with Crippen LogP contribution in [0.4, 0.5) is 14.5 Å². The van der Waals surface area contributed by atoms with Crippen LogP contribution in [-0.4, -0.2) is 31.4 Å². The third-order valence-corrected chi connectivity index (χ3v) is 5.81. The number of benzene rings is 2. The normalized spacial score (nSPS) is 11.0. The summed E-state index contributed by atoms with van der Waals surface area (Å²) in [5, 5.41) is 8.15. The van der Waals surface area contributed by atoms with Gasteiger partial charge in [0.05, 0.1) is 29.6 Å². The molecule has 4 aromatic rings. The number of nitrogens with one attached hydrogen (secondary N) is 1. The molecule has 30 heavy (non-hydrogen) atoms. The molecule has 0 aliphatic rings. The lowest BCUT2D eigenvalue weighted by atomic mass is 10.2. The summed E-state index contributed by atoms with van der Waals surface area (Å²) in [7, 11) is 0. The lowest BCUT2D eigenvalue weighted by molar-refractivity contribution is -0.113. The summed E-state index contributed by atoms with van der Waals surface area (Å²) in [4.78, 5) is 20.8. The SMILES string of the molecule is O=C(CSc1ncnc2c1cnn2Cc1ccccc1)Nc1c(F)cc(F)cc1Br. The van der Waals surface area contributed by atoms with E-state index in [0.29, 0.717) is 23.3 Å². The van der Waals surface area contributed by atoms with Gasteiger partial charge in [0.1, 0.15) is 17.2 Å². The zero-order valence-corrected chi connectivity index (χ0v) is 17.8. The number of aromatic nitrogens is 4. The number of amides is 1. The van der Waals surface area contributed by atoms with E-state index in [1.807, 2.05) is 30.3 Å². The highest BCUT2D eigenvalue weighted by molar-refractivity contribution is 9.10. The van der Waals surface area contributed by atoms with Gasteiger partial charge in [-0.1, -0.05) is 42.1 Å². The van der Waals surface area contributed by atoms with Gasteiger partial charge in [0.2, 0.25) is 5.91 Å². The largest absolute Gasteiger partial charge is 0.322 e. The number of halogens is 3. The van der Waals surface area contributed by atoms with Gasteiger partial charge in [0.25, 0.3) is 0 Å². The highest BCUT2D eigenvalue weighted by atomic mass is 79.9. The average molecular weight is 490 g/mol. The quantitative estimate of drug-likeness (QED) is 0.315. The van der Waals surface area contributed by atoms with Crippen molar-refractivity contribution in [3.05, 3.63) is 76.7 Å². The Labute approximate surface area is 182 Å². The highest BCUT2D eigenvalue weighted by Gasteiger charge is 2.15. The first-order valence-electron chi connectivity index (χ1n) is 8.79. The van der Waals surface area contributed by atoms with Gasteiger partial charge in [-0.3, -0.25) is 4.79 Å². The van der Waals surface area contributed by atoms with Crippen molar-refractivity contribution in [2.24, 2.45) is 0 Å². The van der Waals surface area contributed by atoms with Crippen LogP contribution in [0.1, 0.15) is 5.56 Å². The van der Waals surface area contributed by atoms with Crippen molar-refractivity contribution in [3.63, 3.8) is 0 Å². The second kappa shape index (κ2) is 8.88. The van der Waals surface area contributed by atoms with Gasteiger partial charge in [0.15, 0.2) is 11.5 Å². The summed E-state index contributed by atoms with van der Waals surface area (Å²) in [5.41, 5.74) is 1.64. The Kier molecular flexibility index (Phi) is 6.05. The molecule has 2 aromatic carbocycles. The number of carbonyl (C=O) groups is 1. The van der Waals surface area contributed by atoms with E-state index in [9.17, 15) is 13.6 Å². The second-order valence-electron chi connectivity index (χ2n) is 6.29. The Morgan fingerprint density at radius 1 is 1.17 bits per heavy atom. The van der Waals surface area contributed by atoms with E-state index in [-0.39, 0.29) is 15.9 Å². The van der Waals surface area contributed by atoms with E-state index in [4.69, 9.17) is 0 Å². The number of nitrogens with zero attached hydrogens (tertiary/aromatic N) is 4. The number of thioether (sulfide) groups is 1. The van der Waals surface area contributed by atoms with Crippen LogP contribution in [0, 0.1) is 11.6 Å². The van der Waals surface area contributed by atoms with Crippen LogP contribution in [0.3, 0.4) is 0 Å². The van der Waals surface area contributed by atoms with Crippen molar-refractivity contribution in [3.8, 4) is 0 Å². The standard InChI is InChI=1S/C20H14BrF2N5OS/c21-15-6-13(22)7-16(23)18(15)27-17(29)10-30-20-14-8-26-28(19(14)24-11-25-20)9-12-4-2-1-3-5-12/h1-8,11H,9-10H2,(H,27,29). The van der Waals surface area contributed by atoms with Crippen molar-refractivity contribution < 1.29 is 13.6 Å². The Hall–Kier alpha value is -2.85. The second-order valence-corrected chi connectivity index (χ2v) is 8.10. The maximum Gasteiger partial charge on any atom is 0.234 e. The van der Waals surface area contributed by atoms with Crippen LogP contribution >= 0.6 is 27.7 Å². The van der Waals surface area contributed by atoms with E-state index in [1.54, 1.807) is 10.9 Å². The minimum absolute atomic E-state index is 0.0146. The van der Waals surface area contributed by atoms with Crippen molar-refractivity contribution >= 4 is 50.3 Å². The molecular formula is C20H14BrF2N5OS. The van der Waals surface area contributed by atoms with Gasteiger partial charge in [-0.05, 0) is 27.6 Å². The number of anilines is 1. The van der Waals surface area contributed by atoms with E-state index in [2.05, 4.69) is 36.3 Å². The first-order chi connectivity index (χ1) is 14.5. The fraction of sp³-hybridized carbons (Fsp3) is 0.100. The molecule has 0 unspecified atom stereocenters. The zero-order chi connectivity index (χ0) is 21.1. The van der Waals surface area contributed by atoms with E-state index < -0.39 is 17.5 Å². The van der Waals surface area contributed by atoms with E-state index in [0.717, 1.165) is 17.0 Å². The first-order valence-corrected chi connectivity index (χ1v) is 10.6. The molecule has 0 radical (unpaired) electrons. The predicted molar refractivity (Wildman–Crippen MR) is 114 cm³/mol. The monoisotopic (exact) mass is 489 g/mol. The summed E-state index contributed by atoms with van der Waals surface area (Å²) >= 11 is 4.24. The van der Waals surface area contributed by atoms with Gasteiger partial charge in [-0.2, -0.15) is 5.10 Å². The maximum atomic E-state index is 13.9. The molecular weight excluding hydrogens is 476 g/mol. The Morgan fingerprint density at radius 3 is 2.73 bits per heavy atom. The third-order valence-electron chi connectivity index (χ3n) is 4.18. The van der Waals surface area contributed by atoms with Crippen molar-refractivity contribution in [2.45, 2.75) is 11.6 Å². The smallest absolute Gasteiger partial charge is 0.234 e. The number of hydrogen-bond acceptors (Lipinski definition) is 5. The topological polar surface area (TPSA) is 72.7 Å². The minimum atomic E-state index is -0.855. The van der Waals surface area contributed by atoms with E-state index in [1.165, 1.54) is 18.1 Å². The molecule has 0 atom stereocenters. The molecule has 4 rings (SSSR count). The first kappa shape index (κ1) is 20.4. The fourth-order valence-electron chi connectivity index (χ4n) is 2.83. The van der Waals surface area contributed by atoms with Gasteiger partial charge < -0.3 is 5.32 Å². The molecule has 6 nitrogen and oxygen atoms in total. The molecule has 10 heteroatoms. The molecule has 2 heterocycles. The number of hydrogen-bond donors (Lipinski definition) is 1. The summed E-state index contributed by atoms with van der Waals surface area (Å²) in [6, 6.07) is 11.7. The summed E-state index contributed by atoms with van der Waals surface area (Å²) in [6.45, 7) is 0.559. The molecule has 1 N–H and O–H groups in total. The van der Waals surface area contributed by atoms with Gasteiger partial charge in [-0.25, -0.2) is 23.4 Å². The minimum Gasteiger partial charge on any atom is -0.322 e. The van der Waals surface area contributed by atoms with Crippen molar-refractivity contribution in [1.82, 2.24) is 19.7 Å². The fourth-order valence-corrected chi connectivity index (χ4v) is 4.10. The summed E-state index contributed by atoms with van der Waals surface area (Å²) in [5.74, 6) is -2.05. The van der Waals surface area contributed by atoms with Crippen LogP contribution in [0.25, 0.3) is 11.0 Å². The van der Waals surface area contributed by atoms with Crippen LogP contribution in [-0.2, 0) is 11.3 Å². The number of fused-ring (bicyclic) bond motifs is 1. The Balaban J connectivity index is 1.47. The maximum absolute atomic E-state index is 13.9. The summed E-state index contributed by atoms with van der Waals surface area (Å²) < 4.78 is 29.0. The molecule has 2 aromatic heterocycles. The lowest BCUT2D eigenvalue weighted by Crippen LogP contribution is -2.15. The molecule has 0 fully saturated rings. The Bertz CT molecular complexity index is 1200. The molecule has 0 saturated carbocycles. The zero-order valence-electron chi connectivity index (χ0n) is 15.3. The number of carbonyl (C=O) groups excluding carboxylic acids is 1. The van der Waals surface area contributed by atoms with Gasteiger partial charge in [-0.15, -0.1) is 0 Å². The van der Waals surface area contributed by atoms with Crippen molar-refractivity contribution in [2.75, 3.05) is 11.1 Å². The van der Waals surface area contributed by atoms with Crippen LogP contribution in [0.2, 0.25) is 0 Å². The molecule has 0 aliphatic carbocycles. The average Bonchev–Trinajstić information content (AvgIpc) is 3.13. The van der Waals surface area contributed by atoms with Crippen LogP contribution < -0.4 is 5.32 Å². The van der Waals surface area contributed by atoms with Gasteiger partial charge in [0, 0.05) is 10.5 Å². The van der Waals surface area contributed by atoms with Crippen molar-refractivity contribution in [1.29, 1.82) is 0 Å². The summed E-state index contributed by atoms with van der Waals surface area (Å²) in [6.07, 6.45) is 3.08. The predicted octanol–water partition coefficient (Wildman–Crippen LogP) is 4.65. The molecule has 0 saturated heterocycles. The van der Waals surface area contributed by atoms with Gasteiger partial charge >= 0.3 is 0 Å². The molecule has 0 aliphatic heterocycles. The lowest BCUT2D eigenvalue weighted by Gasteiger charge is -2.09. The third kappa shape index (κ3) is 4.49. The van der Waals surface area contributed by atoms with E-state index >= 15 is 0 Å². The number of rotatable bonds is 6. The van der Waals surface area contributed by atoms with Crippen LogP contribution in [0.5, 0.6) is 0 Å². The Morgan fingerprint density at radius 2 is 1.97 bits per heavy atom. The molecule has 0 bridgehead atoms.